The molecule has 2 heterocycles. The maximum Gasteiger partial charge on any atom is 0.314 e. The molecule has 0 spiro atoms. The molecule has 5 nitrogen and oxygen atoms in total. The minimum atomic E-state index is -0.461. The van der Waals surface area contributed by atoms with Crippen LogP contribution in [0.2, 0.25) is 0 Å². The summed E-state index contributed by atoms with van der Waals surface area (Å²) < 4.78 is 6.08. The first-order valence-electron chi connectivity index (χ1n) is 4.38. The minimum absolute atomic E-state index is 0.120. The summed E-state index contributed by atoms with van der Waals surface area (Å²) in [4.78, 5) is 22.0. The van der Waals surface area contributed by atoms with Gasteiger partial charge < -0.3 is 4.74 Å². The number of carbonyl (C=O) groups is 2. The predicted molar refractivity (Wildman–Crippen MR) is 46.3 cm³/mol. The van der Waals surface area contributed by atoms with E-state index in [2.05, 4.69) is 9.84 Å². The third kappa shape index (κ3) is 1.66. The van der Waals surface area contributed by atoms with Crippen LogP contribution < -0.4 is 0 Å². The van der Waals surface area contributed by atoms with Crippen molar-refractivity contribution in [1.29, 1.82) is 0 Å². The molecule has 0 aromatic carbocycles. The number of cyclic esters (lactones) is 2. The van der Waals surface area contributed by atoms with Crippen molar-refractivity contribution in [2.75, 3.05) is 0 Å². The molecular formula is C9H10N2O3. The van der Waals surface area contributed by atoms with E-state index in [0.717, 1.165) is 5.69 Å². The fourth-order valence-corrected chi connectivity index (χ4v) is 1.54. The van der Waals surface area contributed by atoms with Crippen LogP contribution in [-0.2, 0) is 21.4 Å². The summed E-state index contributed by atoms with van der Waals surface area (Å²) in [7, 11) is 1.80. The third-order valence-electron chi connectivity index (χ3n) is 2.21. The Morgan fingerprint density at radius 3 is 2.57 bits per heavy atom. The fourth-order valence-electron chi connectivity index (χ4n) is 1.54. The number of aryl methyl sites for hydroxylation is 1. The van der Waals surface area contributed by atoms with E-state index in [4.69, 9.17) is 0 Å². The normalized spacial score (nSPS) is 18.4. The van der Waals surface area contributed by atoms with Crippen LogP contribution in [0.15, 0.2) is 12.3 Å². The summed E-state index contributed by atoms with van der Waals surface area (Å²) in [6.07, 6.45) is 2.27. The maximum atomic E-state index is 11.0. The van der Waals surface area contributed by atoms with Crippen LogP contribution >= 0.6 is 0 Å². The molecule has 1 aromatic heterocycles. The Morgan fingerprint density at radius 1 is 1.43 bits per heavy atom. The minimum Gasteiger partial charge on any atom is -0.393 e. The van der Waals surface area contributed by atoms with Crippen molar-refractivity contribution in [3.63, 3.8) is 0 Å². The largest absolute Gasteiger partial charge is 0.393 e. The lowest BCUT2D eigenvalue weighted by atomic mass is 9.96. The first-order valence-corrected chi connectivity index (χ1v) is 4.38. The smallest absolute Gasteiger partial charge is 0.314 e. The van der Waals surface area contributed by atoms with Crippen molar-refractivity contribution < 1.29 is 14.3 Å². The van der Waals surface area contributed by atoms with Gasteiger partial charge in [0.15, 0.2) is 0 Å². The second-order valence-corrected chi connectivity index (χ2v) is 3.37. The van der Waals surface area contributed by atoms with Gasteiger partial charge in [0.05, 0.1) is 18.5 Å². The first-order chi connectivity index (χ1) is 6.65. The highest BCUT2D eigenvalue weighted by molar-refractivity contribution is 5.89. The summed E-state index contributed by atoms with van der Waals surface area (Å²) in [5.74, 6) is -1.04. The predicted octanol–water partition coefficient (Wildman–Crippen LogP) is 0.367. The Morgan fingerprint density at radius 2 is 2.07 bits per heavy atom. The van der Waals surface area contributed by atoms with Gasteiger partial charge in [-0.2, -0.15) is 5.10 Å². The Labute approximate surface area is 80.7 Å². The summed E-state index contributed by atoms with van der Waals surface area (Å²) in [5, 5.41) is 4.16. The molecule has 1 fully saturated rings. The van der Waals surface area contributed by atoms with Gasteiger partial charge >= 0.3 is 11.9 Å². The first kappa shape index (κ1) is 8.93. The fraction of sp³-hybridized carbons (Fsp3) is 0.444. The number of rotatable bonds is 1. The van der Waals surface area contributed by atoms with E-state index in [1.165, 1.54) is 0 Å². The number of carbonyl (C=O) groups excluding carboxylic acids is 2. The lowest BCUT2D eigenvalue weighted by Gasteiger charge is -2.17. The number of ether oxygens (including phenoxy) is 1. The van der Waals surface area contributed by atoms with Crippen LogP contribution in [-0.4, -0.2) is 21.7 Å². The van der Waals surface area contributed by atoms with Crippen molar-refractivity contribution in [2.45, 2.75) is 18.8 Å². The highest BCUT2D eigenvalue weighted by Crippen LogP contribution is 2.26. The molecule has 14 heavy (non-hydrogen) atoms. The van der Waals surface area contributed by atoms with Crippen LogP contribution in [0.25, 0.3) is 0 Å². The van der Waals surface area contributed by atoms with Crippen LogP contribution in [0.5, 0.6) is 0 Å². The van der Waals surface area contributed by atoms with Gasteiger partial charge in [0.1, 0.15) is 0 Å². The molecule has 1 saturated heterocycles. The molecule has 0 aliphatic carbocycles. The molecule has 1 aromatic rings. The molecule has 0 unspecified atom stereocenters. The Hall–Kier alpha value is -1.65. The van der Waals surface area contributed by atoms with Gasteiger partial charge in [0.25, 0.3) is 0 Å². The summed E-state index contributed by atoms with van der Waals surface area (Å²) >= 11 is 0. The van der Waals surface area contributed by atoms with E-state index in [1.54, 1.807) is 17.9 Å². The molecule has 2 rings (SSSR count). The Balaban J connectivity index is 2.18. The summed E-state index contributed by atoms with van der Waals surface area (Å²) in [5.41, 5.74) is 0.775. The van der Waals surface area contributed by atoms with Crippen molar-refractivity contribution in [1.82, 2.24) is 9.78 Å². The molecule has 5 heteroatoms. The van der Waals surface area contributed by atoms with Gasteiger partial charge in [0.2, 0.25) is 0 Å². The standard InChI is InChI=1S/C9H10N2O3/c1-11-3-2-7(10-11)6-4-8(12)14-9(13)5-6/h2-3,6H,4-5H2,1H3. The summed E-state index contributed by atoms with van der Waals surface area (Å²) in [6, 6.07) is 1.82. The summed E-state index contributed by atoms with van der Waals surface area (Å²) in [6.45, 7) is 0. The monoisotopic (exact) mass is 194 g/mol. The van der Waals surface area contributed by atoms with Crippen molar-refractivity contribution in [2.24, 2.45) is 7.05 Å². The molecule has 0 atom stereocenters. The molecule has 0 amide bonds. The van der Waals surface area contributed by atoms with Crippen LogP contribution in [0, 0.1) is 0 Å². The van der Waals surface area contributed by atoms with E-state index in [1.807, 2.05) is 6.07 Å². The second kappa shape index (κ2) is 3.25. The number of hydrogen-bond donors (Lipinski definition) is 0. The molecule has 0 N–H and O–H groups in total. The van der Waals surface area contributed by atoms with Crippen molar-refractivity contribution in [3.05, 3.63) is 18.0 Å². The molecule has 0 bridgehead atoms. The van der Waals surface area contributed by atoms with Gasteiger partial charge in [-0.3, -0.25) is 14.3 Å². The highest BCUT2D eigenvalue weighted by atomic mass is 16.6. The second-order valence-electron chi connectivity index (χ2n) is 3.37. The van der Waals surface area contributed by atoms with Crippen LogP contribution in [0.1, 0.15) is 24.5 Å². The molecular weight excluding hydrogens is 184 g/mol. The SMILES string of the molecule is Cn1ccc(C2CC(=O)OC(=O)C2)n1. The van der Waals surface area contributed by atoms with Crippen LogP contribution in [0.3, 0.4) is 0 Å². The number of esters is 2. The number of nitrogens with zero attached hydrogens (tertiary/aromatic N) is 2. The van der Waals surface area contributed by atoms with Gasteiger partial charge in [-0.15, -0.1) is 0 Å². The van der Waals surface area contributed by atoms with Gasteiger partial charge in [-0.25, -0.2) is 0 Å². The Kier molecular flexibility index (Phi) is 2.07. The van der Waals surface area contributed by atoms with Crippen LogP contribution in [0.4, 0.5) is 0 Å². The molecule has 1 aliphatic heterocycles. The van der Waals surface area contributed by atoms with E-state index < -0.39 is 11.9 Å². The number of aromatic nitrogens is 2. The molecule has 0 saturated carbocycles. The van der Waals surface area contributed by atoms with E-state index in [9.17, 15) is 9.59 Å². The van der Waals surface area contributed by atoms with Crippen molar-refractivity contribution in [3.8, 4) is 0 Å². The molecule has 0 radical (unpaired) electrons. The van der Waals surface area contributed by atoms with E-state index in [-0.39, 0.29) is 18.8 Å². The average Bonchev–Trinajstić information content (AvgIpc) is 2.50. The lowest BCUT2D eigenvalue weighted by Crippen LogP contribution is -2.24. The third-order valence-corrected chi connectivity index (χ3v) is 2.21. The van der Waals surface area contributed by atoms with E-state index in [0.29, 0.717) is 0 Å². The van der Waals surface area contributed by atoms with Gasteiger partial charge in [0, 0.05) is 19.2 Å². The molecule has 1 aliphatic rings. The highest BCUT2D eigenvalue weighted by Gasteiger charge is 2.29. The van der Waals surface area contributed by atoms with Crippen molar-refractivity contribution >= 4 is 11.9 Å². The zero-order valence-corrected chi connectivity index (χ0v) is 7.77. The van der Waals surface area contributed by atoms with Gasteiger partial charge in [-0.05, 0) is 6.07 Å². The van der Waals surface area contributed by atoms with Gasteiger partial charge in [-0.1, -0.05) is 0 Å². The zero-order valence-electron chi connectivity index (χ0n) is 7.77. The average molecular weight is 194 g/mol. The lowest BCUT2D eigenvalue weighted by molar-refractivity contribution is -0.164. The van der Waals surface area contributed by atoms with E-state index >= 15 is 0 Å². The maximum absolute atomic E-state index is 11.0. The topological polar surface area (TPSA) is 61.2 Å². The Bertz CT molecular complexity index is 367. The zero-order chi connectivity index (χ0) is 10.1. The molecule has 74 valence electrons. The number of hydrogen-bond acceptors (Lipinski definition) is 4. The quantitative estimate of drug-likeness (QED) is 0.478.